The molecule has 0 bridgehead atoms. The molecule has 1 aromatic carbocycles. The van der Waals surface area contributed by atoms with E-state index in [1.165, 1.54) is 11.1 Å². The van der Waals surface area contributed by atoms with Gasteiger partial charge in [0.05, 0.1) is 6.04 Å². The van der Waals surface area contributed by atoms with E-state index in [9.17, 15) is 4.79 Å². The van der Waals surface area contributed by atoms with Gasteiger partial charge in [-0.2, -0.15) is 0 Å². The van der Waals surface area contributed by atoms with Crippen molar-refractivity contribution in [2.24, 2.45) is 0 Å². The van der Waals surface area contributed by atoms with E-state index < -0.39 is 0 Å². The zero-order valence-electron chi connectivity index (χ0n) is 11.7. The van der Waals surface area contributed by atoms with Crippen molar-refractivity contribution >= 4 is 5.91 Å². The van der Waals surface area contributed by atoms with Crippen molar-refractivity contribution in [2.75, 3.05) is 13.1 Å². The quantitative estimate of drug-likeness (QED) is 0.688. The van der Waals surface area contributed by atoms with Gasteiger partial charge in [-0.3, -0.25) is 4.79 Å². The van der Waals surface area contributed by atoms with Crippen LogP contribution in [-0.2, 0) is 17.8 Å². The molecule has 2 rings (SSSR count). The lowest BCUT2D eigenvalue weighted by molar-refractivity contribution is -0.123. The molecule has 4 nitrogen and oxygen atoms in total. The van der Waals surface area contributed by atoms with E-state index in [0.717, 1.165) is 19.5 Å². The number of nitrogens with one attached hydrogen (secondary N) is 3. The number of hydrogen-bond acceptors (Lipinski definition) is 3. The van der Waals surface area contributed by atoms with E-state index in [4.69, 9.17) is 0 Å². The summed E-state index contributed by atoms with van der Waals surface area (Å²) in [5.41, 5.74) is 2.58. The van der Waals surface area contributed by atoms with Crippen LogP contribution in [0.25, 0.3) is 0 Å². The summed E-state index contributed by atoms with van der Waals surface area (Å²) in [7, 11) is 0. The fourth-order valence-corrected chi connectivity index (χ4v) is 2.31. The Balaban J connectivity index is 1.79. The van der Waals surface area contributed by atoms with Crippen molar-refractivity contribution in [2.45, 2.75) is 38.9 Å². The Kier molecular flexibility index (Phi) is 4.93. The maximum absolute atomic E-state index is 12.1. The Morgan fingerprint density at radius 3 is 2.79 bits per heavy atom. The lowest BCUT2D eigenvalue weighted by Crippen LogP contribution is -2.49. The summed E-state index contributed by atoms with van der Waals surface area (Å²) in [6.45, 7) is 6.46. The van der Waals surface area contributed by atoms with Crippen molar-refractivity contribution < 1.29 is 4.79 Å². The molecule has 0 saturated carbocycles. The number of amides is 1. The summed E-state index contributed by atoms with van der Waals surface area (Å²) in [5.74, 6) is 0.0973. The van der Waals surface area contributed by atoms with Crippen LogP contribution in [0.5, 0.6) is 0 Å². The first-order chi connectivity index (χ1) is 9.16. The van der Waals surface area contributed by atoms with Gasteiger partial charge in [0, 0.05) is 25.7 Å². The van der Waals surface area contributed by atoms with Crippen molar-refractivity contribution in [3.05, 3.63) is 35.4 Å². The average Bonchev–Trinajstić information content (AvgIpc) is 2.42. The Hall–Kier alpha value is -1.39. The minimum atomic E-state index is -0.103. The smallest absolute Gasteiger partial charge is 0.237 e. The minimum absolute atomic E-state index is 0.0973. The molecule has 0 radical (unpaired) electrons. The molecule has 1 aromatic rings. The third-order valence-electron chi connectivity index (χ3n) is 3.37. The van der Waals surface area contributed by atoms with E-state index >= 15 is 0 Å². The first-order valence-corrected chi connectivity index (χ1v) is 6.98. The molecular weight excluding hydrogens is 238 g/mol. The highest BCUT2D eigenvalue weighted by Crippen LogP contribution is 2.16. The lowest BCUT2D eigenvalue weighted by Gasteiger charge is -2.25. The van der Waals surface area contributed by atoms with Gasteiger partial charge in [0.1, 0.15) is 0 Å². The number of rotatable bonds is 5. The second kappa shape index (κ2) is 6.68. The summed E-state index contributed by atoms with van der Waals surface area (Å²) in [5, 5.41) is 9.55. The third kappa shape index (κ3) is 4.04. The van der Waals surface area contributed by atoms with Gasteiger partial charge in [-0.05, 0) is 17.5 Å². The van der Waals surface area contributed by atoms with Crippen LogP contribution in [0, 0.1) is 0 Å². The van der Waals surface area contributed by atoms with Crippen molar-refractivity contribution in [1.82, 2.24) is 16.0 Å². The molecule has 0 spiro atoms. The number of fused-ring (bicyclic) bond motifs is 1. The molecule has 1 amide bonds. The Morgan fingerprint density at radius 2 is 2.05 bits per heavy atom. The predicted octanol–water partition coefficient (Wildman–Crippen LogP) is 0.815. The number of hydrogen-bond donors (Lipinski definition) is 3. The van der Waals surface area contributed by atoms with Crippen LogP contribution in [-0.4, -0.2) is 31.1 Å². The van der Waals surface area contributed by atoms with Gasteiger partial charge < -0.3 is 16.0 Å². The fourth-order valence-electron chi connectivity index (χ4n) is 2.31. The zero-order chi connectivity index (χ0) is 13.7. The first-order valence-electron chi connectivity index (χ1n) is 6.98. The molecule has 4 heteroatoms. The standard InChI is InChI=1S/C15H23N3O/c1-11(2)16-7-8-17-15(19)14-9-12-5-3-4-6-13(12)10-18-14/h3-6,11,14,16,18H,7-10H2,1-2H3,(H,17,19)/t14-/m0/s1. The summed E-state index contributed by atoms with van der Waals surface area (Å²) in [4.78, 5) is 12.1. The van der Waals surface area contributed by atoms with E-state index in [2.05, 4.69) is 41.9 Å². The third-order valence-corrected chi connectivity index (χ3v) is 3.37. The molecule has 1 atom stereocenters. The molecule has 3 N–H and O–H groups in total. The summed E-state index contributed by atoms with van der Waals surface area (Å²) in [6.07, 6.45) is 0.777. The number of carbonyl (C=O) groups is 1. The maximum atomic E-state index is 12.1. The largest absolute Gasteiger partial charge is 0.353 e. The van der Waals surface area contributed by atoms with Crippen molar-refractivity contribution in [1.29, 1.82) is 0 Å². The Morgan fingerprint density at radius 1 is 1.32 bits per heavy atom. The minimum Gasteiger partial charge on any atom is -0.353 e. The predicted molar refractivity (Wildman–Crippen MR) is 76.9 cm³/mol. The molecule has 1 aliphatic heterocycles. The van der Waals surface area contributed by atoms with Gasteiger partial charge in [0.2, 0.25) is 5.91 Å². The first kappa shape index (κ1) is 14.0. The maximum Gasteiger partial charge on any atom is 0.237 e. The molecule has 0 aliphatic carbocycles. The molecule has 1 aliphatic rings. The molecule has 19 heavy (non-hydrogen) atoms. The Bertz CT molecular complexity index is 431. The second-order valence-corrected chi connectivity index (χ2v) is 5.31. The SMILES string of the molecule is CC(C)NCCNC(=O)[C@@H]1Cc2ccccc2CN1. The lowest BCUT2D eigenvalue weighted by atomic mass is 9.95. The van der Waals surface area contributed by atoms with E-state index in [0.29, 0.717) is 12.6 Å². The second-order valence-electron chi connectivity index (χ2n) is 5.31. The molecule has 0 aromatic heterocycles. The summed E-state index contributed by atoms with van der Waals surface area (Å²) < 4.78 is 0. The van der Waals surface area contributed by atoms with Gasteiger partial charge in [-0.15, -0.1) is 0 Å². The van der Waals surface area contributed by atoms with E-state index in [-0.39, 0.29) is 11.9 Å². The average molecular weight is 261 g/mol. The molecule has 1 heterocycles. The molecule has 0 unspecified atom stereocenters. The summed E-state index contributed by atoms with van der Waals surface area (Å²) >= 11 is 0. The van der Waals surface area contributed by atoms with Crippen LogP contribution in [0.15, 0.2) is 24.3 Å². The Labute approximate surface area is 115 Å². The van der Waals surface area contributed by atoms with Crippen LogP contribution in [0.3, 0.4) is 0 Å². The van der Waals surface area contributed by atoms with Gasteiger partial charge in [0.15, 0.2) is 0 Å². The number of benzene rings is 1. The van der Waals surface area contributed by atoms with Crippen LogP contribution >= 0.6 is 0 Å². The van der Waals surface area contributed by atoms with Crippen molar-refractivity contribution in [3.8, 4) is 0 Å². The van der Waals surface area contributed by atoms with Gasteiger partial charge in [0.25, 0.3) is 0 Å². The van der Waals surface area contributed by atoms with Crippen LogP contribution < -0.4 is 16.0 Å². The monoisotopic (exact) mass is 261 g/mol. The molecule has 0 saturated heterocycles. The van der Waals surface area contributed by atoms with E-state index in [1.807, 2.05) is 12.1 Å². The molecule has 0 fully saturated rings. The molecular formula is C15H23N3O. The van der Waals surface area contributed by atoms with Crippen LogP contribution in [0.2, 0.25) is 0 Å². The van der Waals surface area contributed by atoms with Crippen LogP contribution in [0.4, 0.5) is 0 Å². The highest BCUT2D eigenvalue weighted by atomic mass is 16.2. The summed E-state index contributed by atoms with van der Waals surface area (Å²) in [6, 6.07) is 8.65. The van der Waals surface area contributed by atoms with Gasteiger partial charge >= 0.3 is 0 Å². The van der Waals surface area contributed by atoms with Gasteiger partial charge in [-0.25, -0.2) is 0 Å². The normalized spacial score (nSPS) is 18.2. The number of carbonyl (C=O) groups excluding carboxylic acids is 1. The van der Waals surface area contributed by atoms with Crippen molar-refractivity contribution in [3.63, 3.8) is 0 Å². The fraction of sp³-hybridized carbons (Fsp3) is 0.533. The molecule has 104 valence electrons. The topological polar surface area (TPSA) is 53.2 Å². The highest BCUT2D eigenvalue weighted by Gasteiger charge is 2.23. The van der Waals surface area contributed by atoms with Gasteiger partial charge in [-0.1, -0.05) is 38.1 Å². The zero-order valence-corrected chi connectivity index (χ0v) is 11.7. The van der Waals surface area contributed by atoms with Crippen LogP contribution in [0.1, 0.15) is 25.0 Å². The highest BCUT2D eigenvalue weighted by molar-refractivity contribution is 5.82. The van der Waals surface area contributed by atoms with E-state index in [1.54, 1.807) is 0 Å².